The molecule has 4 aromatic rings. The van der Waals surface area contributed by atoms with Gasteiger partial charge in [-0.15, -0.1) is 11.3 Å². The largest absolute Gasteiger partial charge is 0.420 e. The minimum Gasteiger partial charge on any atom is -0.281 e. The van der Waals surface area contributed by atoms with Crippen molar-refractivity contribution in [2.45, 2.75) is 16.6 Å². The zero-order chi connectivity index (χ0) is 24.9. The summed E-state index contributed by atoms with van der Waals surface area (Å²) in [4.78, 5) is 3.91. The molecule has 0 aliphatic carbocycles. The second-order valence-electron chi connectivity index (χ2n) is 6.74. The molecule has 0 aliphatic heterocycles. The molecule has 3 aromatic heterocycles. The second kappa shape index (κ2) is 8.12. The van der Waals surface area contributed by atoms with Gasteiger partial charge in [-0.25, -0.2) is 9.50 Å². The minimum atomic E-state index is -4.85. The molecule has 1 N–H and O–H groups in total. The summed E-state index contributed by atoms with van der Waals surface area (Å²) < 4.78 is 111. The van der Waals surface area contributed by atoms with E-state index in [1.54, 1.807) is 0 Å². The van der Waals surface area contributed by atoms with E-state index in [-0.39, 0.29) is 26.0 Å². The average Bonchev–Trinajstić information content (AvgIpc) is 3.37. The maximum Gasteiger partial charge on any atom is 0.420 e. The van der Waals surface area contributed by atoms with Gasteiger partial charge in [-0.1, -0.05) is 12.1 Å². The lowest BCUT2D eigenvalue weighted by molar-refractivity contribution is -0.138. The molecule has 6 nitrogen and oxygen atoms in total. The first kappa shape index (κ1) is 23.7. The SMILES string of the molecule is O=S(=O)(O)c1ccc(C#Cc2cnc3c(C(F)(F)F)cc(-c4ccc(C(F)(F)F)cc4)nn23)s1. The van der Waals surface area contributed by atoms with Crippen molar-refractivity contribution in [3.05, 3.63) is 70.4 Å². The molecule has 3 heterocycles. The van der Waals surface area contributed by atoms with Crippen molar-refractivity contribution in [3.8, 4) is 23.1 Å². The van der Waals surface area contributed by atoms with Crippen LogP contribution >= 0.6 is 11.3 Å². The summed E-state index contributed by atoms with van der Waals surface area (Å²) in [6, 6.07) is 6.55. The van der Waals surface area contributed by atoms with Crippen LogP contribution in [0, 0.1) is 11.8 Å². The third-order valence-electron chi connectivity index (χ3n) is 4.43. The third kappa shape index (κ3) is 4.76. The molecule has 0 spiro atoms. The van der Waals surface area contributed by atoms with Gasteiger partial charge in [0.1, 0.15) is 15.5 Å². The number of fused-ring (bicyclic) bond motifs is 1. The third-order valence-corrected chi connectivity index (χ3v) is 6.75. The number of aromatic nitrogens is 3. The van der Waals surface area contributed by atoms with Crippen molar-refractivity contribution in [2.75, 3.05) is 0 Å². The highest BCUT2D eigenvalue weighted by molar-refractivity contribution is 7.88. The zero-order valence-corrected chi connectivity index (χ0v) is 17.9. The van der Waals surface area contributed by atoms with Crippen LogP contribution in [-0.2, 0) is 22.5 Å². The molecule has 34 heavy (non-hydrogen) atoms. The molecular formula is C20H9F6N3O3S2. The van der Waals surface area contributed by atoms with E-state index in [2.05, 4.69) is 21.9 Å². The highest BCUT2D eigenvalue weighted by atomic mass is 32.3. The average molecular weight is 517 g/mol. The van der Waals surface area contributed by atoms with Crippen LogP contribution in [0.4, 0.5) is 26.3 Å². The summed E-state index contributed by atoms with van der Waals surface area (Å²) in [6.07, 6.45) is -8.44. The van der Waals surface area contributed by atoms with Gasteiger partial charge < -0.3 is 0 Å². The van der Waals surface area contributed by atoms with Crippen molar-refractivity contribution < 1.29 is 39.3 Å². The lowest BCUT2D eigenvalue weighted by Gasteiger charge is -2.11. The first-order valence-electron chi connectivity index (χ1n) is 8.96. The Balaban J connectivity index is 1.83. The molecule has 0 radical (unpaired) electrons. The van der Waals surface area contributed by atoms with Crippen molar-refractivity contribution >= 4 is 27.1 Å². The van der Waals surface area contributed by atoms with Crippen LogP contribution in [0.3, 0.4) is 0 Å². The Labute approximate surface area is 191 Å². The van der Waals surface area contributed by atoms with Crippen LogP contribution in [0.5, 0.6) is 0 Å². The van der Waals surface area contributed by atoms with Crippen molar-refractivity contribution in [3.63, 3.8) is 0 Å². The molecule has 0 amide bonds. The van der Waals surface area contributed by atoms with E-state index >= 15 is 0 Å². The van der Waals surface area contributed by atoms with E-state index in [4.69, 9.17) is 4.55 Å². The quantitative estimate of drug-likeness (QED) is 0.226. The molecule has 0 fully saturated rings. The Hall–Kier alpha value is -3.41. The molecule has 0 bridgehead atoms. The molecule has 0 saturated heterocycles. The van der Waals surface area contributed by atoms with Crippen LogP contribution in [0.15, 0.2) is 52.9 Å². The van der Waals surface area contributed by atoms with Gasteiger partial charge in [-0.3, -0.25) is 4.55 Å². The number of halogens is 6. The van der Waals surface area contributed by atoms with Crippen LogP contribution in [-0.4, -0.2) is 27.6 Å². The Kier molecular flexibility index (Phi) is 5.67. The molecule has 0 saturated carbocycles. The number of alkyl halides is 6. The van der Waals surface area contributed by atoms with E-state index in [0.717, 1.165) is 41.0 Å². The highest BCUT2D eigenvalue weighted by Gasteiger charge is 2.35. The number of imidazole rings is 1. The Bertz CT molecular complexity index is 1560. The first-order chi connectivity index (χ1) is 15.7. The number of thiophene rings is 1. The van der Waals surface area contributed by atoms with E-state index in [0.29, 0.717) is 17.4 Å². The molecule has 0 atom stereocenters. The van der Waals surface area contributed by atoms with Gasteiger partial charge in [0.15, 0.2) is 5.65 Å². The fourth-order valence-electron chi connectivity index (χ4n) is 2.88. The van der Waals surface area contributed by atoms with Crippen molar-refractivity contribution in [1.82, 2.24) is 14.6 Å². The van der Waals surface area contributed by atoms with Crippen LogP contribution in [0.2, 0.25) is 0 Å². The molecule has 176 valence electrons. The normalized spacial score (nSPS) is 12.6. The number of hydrogen-bond donors (Lipinski definition) is 1. The molecule has 0 aliphatic rings. The lowest BCUT2D eigenvalue weighted by atomic mass is 10.1. The van der Waals surface area contributed by atoms with Crippen LogP contribution in [0.1, 0.15) is 21.7 Å². The predicted octanol–water partition coefficient (Wildman–Crippen LogP) is 5.14. The molecule has 4 rings (SSSR count). The molecule has 14 heteroatoms. The molecule has 1 aromatic carbocycles. The molecule has 0 unspecified atom stereocenters. The smallest absolute Gasteiger partial charge is 0.281 e. The maximum atomic E-state index is 13.7. The van der Waals surface area contributed by atoms with E-state index in [1.807, 2.05) is 0 Å². The topological polar surface area (TPSA) is 84.6 Å². The Morgan fingerprint density at radius 3 is 2.18 bits per heavy atom. The van der Waals surface area contributed by atoms with E-state index in [1.165, 1.54) is 6.07 Å². The number of nitrogens with zero attached hydrogens (tertiary/aromatic N) is 3. The van der Waals surface area contributed by atoms with Crippen LogP contribution in [0.25, 0.3) is 16.9 Å². The fourth-order valence-corrected chi connectivity index (χ4v) is 4.41. The summed E-state index contributed by atoms with van der Waals surface area (Å²) in [5.41, 5.74) is -3.06. The summed E-state index contributed by atoms with van der Waals surface area (Å²) in [7, 11) is -4.43. The van der Waals surface area contributed by atoms with Gasteiger partial charge in [0.2, 0.25) is 0 Å². The standard InChI is InChI=1S/C20H9F6N3O3S2/c21-19(22,23)12-3-1-11(2-4-12)16-9-15(20(24,25)26)18-27-10-13(29(18)28-16)5-6-14-7-8-17(33-14)34(30,31)32/h1-4,7-10H,(H,30,31,32). The van der Waals surface area contributed by atoms with Crippen molar-refractivity contribution in [2.24, 2.45) is 0 Å². The van der Waals surface area contributed by atoms with Gasteiger partial charge >= 0.3 is 22.5 Å². The summed E-state index contributed by atoms with van der Waals surface area (Å²) in [5, 5.41) is 4.07. The fraction of sp³-hybridized carbons (Fsp3) is 0.100. The number of benzene rings is 1. The van der Waals surface area contributed by atoms with Gasteiger partial charge in [-0.2, -0.15) is 39.9 Å². The maximum absolute atomic E-state index is 13.7. The second-order valence-corrected chi connectivity index (χ2v) is 9.47. The van der Waals surface area contributed by atoms with Gasteiger partial charge in [0, 0.05) is 5.56 Å². The van der Waals surface area contributed by atoms with Gasteiger partial charge in [-0.05, 0) is 42.2 Å². The van der Waals surface area contributed by atoms with Gasteiger partial charge in [0.05, 0.1) is 22.3 Å². The van der Waals surface area contributed by atoms with Gasteiger partial charge in [0.25, 0.3) is 0 Å². The van der Waals surface area contributed by atoms with Crippen molar-refractivity contribution in [1.29, 1.82) is 0 Å². The summed E-state index contributed by atoms with van der Waals surface area (Å²) in [6.45, 7) is 0. The Morgan fingerprint density at radius 1 is 0.941 bits per heavy atom. The monoisotopic (exact) mass is 517 g/mol. The first-order valence-corrected chi connectivity index (χ1v) is 11.2. The predicted molar refractivity (Wildman–Crippen MR) is 109 cm³/mol. The summed E-state index contributed by atoms with van der Waals surface area (Å²) in [5.74, 6) is 5.10. The number of hydrogen-bond acceptors (Lipinski definition) is 5. The Morgan fingerprint density at radius 2 is 1.62 bits per heavy atom. The van der Waals surface area contributed by atoms with E-state index < -0.39 is 39.2 Å². The summed E-state index contributed by atoms with van der Waals surface area (Å²) >= 11 is 0.644. The van der Waals surface area contributed by atoms with E-state index in [9.17, 15) is 34.8 Å². The highest BCUT2D eigenvalue weighted by Crippen LogP contribution is 2.35. The number of rotatable bonds is 2. The minimum absolute atomic E-state index is 0.00376. The lowest BCUT2D eigenvalue weighted by Crippen LogP contribution is -2.11. The molecular weight excluding hydrogens is 508 g/mol. The zero-order valence-electron chi connectivity index (χ0n) is 16.3. The van der Waals surface area contributed by atoms with Crippen LogP contribution < -0.4 is 0 Å².